The van der Waals surface area contributed by atoms with Crippen molar-refractivity contribution >= 4 is 44.5 Å². The molecule has 0 atom stereocenters. The van der Waals surface area contributed by atoms with Gasteiger partial charge in [0.2, 0.25) is 0 Å². The Balaban J connectivity index is 2.02. The first-order chi connectivity index (χ1) is 12.0. The molecule has 1 aromatic carbocycles. The SMILES string of the molecule is CCOC(=O)c1c(/N=C/c2cc(Br)cc(C)c2O)sc2c1CCCC2. The highest BCUT2D eigenvalue weighted by molar-refractivity contribution is 9.10. The van der Waals surface area contributed by atoms with Crippen LogP contribution in [0, 0.1) is 6.92 Å². The highest BCUT2D eigenvalue weighted by atomic mass is 79.9. The third-order valence-electron chi connectivity index (χ3n) is 4.25. The molecule has 0 unspecified atom stereocenters. The molecule has 1 aliphatic carbocycles. The average molecular weight is 422 g/mol. The predicted molar refractivity (Wildman–Crippen MR) is 105 cm³/mol. The second-order valence-corrected chi connectivity index (χ2v) is 8.03. The van der Waals surface area contributed by atoms with Crippen molar-refractivity contribution in [3.63, 3.8) is 0 Å². The van der Waals surface area contributed by atoms with E-state index in [2.05, 4.69) is 20.9 Å². The number of phenols is 1. The summed E-state index contributed by atoms with van der Waals surface area (Å²) in [7, 11) is 0. The van der Waals surface area contributed by atoms with E-state index in [1.807, 2.05) is 26.0 Å². The Morgan fingerprint density at radius 1 is 1.40 bits per heavy atom. The number of aromatic hydroxyl groups is 1. The first-order valence-corrected chi connectivity index (χ1v) is 9.97. The number of carbonyl (C=O) groups is 1. The molecule has 3 rings (SSSR count). The lowest BCUT2D eigenvalue weighted by Gasteiger charge is -2.11. The van der Waals surface area contributed by atoms with Crippen LogP contribution in [0.1, 0.15) is 51.7 Å². The molecule has 0 bridgehead atoms. The molecule has 1 N–H and O–H groups in total. The van der Waals surface area contributed by atoms with Gasteiger partial charge in [0.25, 0.3) is 0 Å². The highest BCUT2D eigenvalue weighted by Crippen LogP contribution is 2.40. The van der Waals surface area contributed by atoms with E-state index in [1.165, 1.54) is 4.88 Å². The number of benzene rings is 1. The van der Waals surface area contributed by atoms with Gasteiger partial charge in [0, 0.05) is 21.1 Å². The fourth-order valence-electron chi connectivity index (χ4n) is 3.04. The zero-order valence-corrected chi connectivity index (χ0v) is 16.7. The van der Waals surface area contributed by atoms with Gasteiger partial charge in [-0.1, -0.05) is 15.9 Å². The lowest BCUT2D eigenvalue weighted by molar-refractivity contribution is 0.0526. The van der Waals surface area contributed by atoms with Crippen molar-refractivity contribution in [1.82, 2.24) is 0 Å². The Bertz CT molecular complexity index is 842. The molecule has 0 spiro atoms. The van der Waals surface area contributed by atoms with Gasteiger partial charge in [-0.3, -0.25) is 0 Å². The van der Waals surface area contributed by atoms with Crippen LogP contribution in [0.5, 0.6) is 5.75 Å². The molecule has 132 valence electrons. The van der Waals surface area contributed by atoms with Gasteiger partial charge < -0.3 is 9.84 Å². The molecule has 4 nitrogen and oxygen atoms in total. The maximum Gasteiger partial charge on any atom is 0.341 e. The van der Waals surface area contributed by atoms with Crippen molar-refractivity contribution in [1.29, 1.82) is 0 Å². The number of nitrogens with zero attached hydrogens (tertiary/aromatic N) is 1. The summed E-state index contributed by atoms with van der Waals surface area (Å²) < 4.78 is 6.12. The largest absolute Gasteiger partial charge is 0.507 e. The maximum absolute atomic E-state index is 12.4. The molecule has 0 aliphatic heterocycles. The van der Waals surface area contributed by atoms with Crippen LogP contribution in [0.3, 0.4) is 0 Å². The van der Waals surface area contributed by atoms with E-state index in [0.29, 0.717) is 22.7 Å². The topological polar surface area (TPSA) is 58.9 Å². The Morgan fingerprint density at radius 2 is 2.16 bits per heavy atom. The number of rotatable bonds is 4. The second-order valence-electron chi connectivity index (χ2n) is 6.03. The predicted octanol–water partition coefficient (Wildman–Crippen LogP) is 5.33. The van der Waals surface area contributed by atoms with Crippen LogP contribution in [0.4, 0.5) is 5.00 Å². The van der Waals surface area contributed by atoms with E-state index in [-0.39, 0.29) is 11.7 Å². The summed E-state index contributed by atoms with van der Waals surface area (Å²) in [6.45, 7) is 3.99. The summed E-state index contributed by atoms with van der Waals surface area (Å²) in [6.07, 6.45) is 5.74. The highest BCUT2D eigenvalue weighted by Gasteiger charge is 2.26. The smallest absolute Gasteiger partial charge is 0.341 e. The number of phenolic OH excluding ortho intramolecular Hbond substituents is 1. The Labute approximate surface area is 159 Å². The normalized spacial score (nSPS) is 13.9. The molecule has 0 saturated carbocycles. The summed E-state index contributed by atoms with van der Waals surface area (Å²) in [4.78, 5) is 18.2. The van der Waals surface area contributed by atoms with E-state index >= 15 is 0 Å². The maximum atomic E-state index is 12.4. The van der Waals surface area contributed by atoms with E-state index in [9.17, 15) is 9.90 Å². The quantitative estimate of drug-likeness (QED) is 0.535. The van der Waals surface area contributed by atoms with Gasteiger partial charge >= 0.3 is 5.97 Å². The minimum absolute atomic E-state index is 0.200. The number of esters is 1. The zero-order valence-electron chi connectivity index (χ0n) is 14.3. The first kappa shape index (κ1) is 18.1. The van der Waals surface area contributed by atoms with Crippen molar-refractivity contribution in [2.45, 2.75) is 39.5 Å². The number of hydrogen-bond donors (Lipinski definition) is 1. The number of hydrogen-bond acceptors (Lipinski definition) is 5. The third-order valence-corrected chi connectivity index (χ3v) is 5.91. The van der Waals surface area contributed by atoms with Gasteiger partial charge in [-0.25, -0.2) is 9.79 Å². The van der Waals surface area contributed by atoms with Crippen molar-refractivity contribution in [2.24, 2.45) is 4.99 Å². The fourth-order valence-corrected chi connectivity index (χ4v) is 4.86. The molecular formula is C19H20BrNO3S. The van der Waals surface area contributed by atoms with Gasteiger partial charge in [0.15, 0.2) is 0 Å². The third kappa shape index (κ3) is 3.80. The number of aliphatic imine (C=N–C) groups is 1. The van der Waals surface area contributed by atoms with Crippen molar-refractivity contribution < 1.29 is 14.6 Å². The van der Waals surface area contributed by atoms with E-state index in [0.717, 1.165) is 41.3 Å². The van der Waals surface area contributed by atoms with Gasteiger partial charge in [-0.15, -0.1) is 11.3 Å². The van der Waals surface area contributed by atoms with Gasteiger partial charge in [0.1, 0.15) is 10.8 Å². The molecule has 1 aliphatic rings. The fraction of sp³-hybridized carbons (Fsp3) is 0.368. The van der Waals surface area contributed by atoms with E-state index < -0.39 is 0 Å². The van der Waals surface area contributed by atoms with Crippen LogP contribution in [0.2, 0.25) is 0 Å². The number of halogens is 1. The van der Waals surface area contributed by atoms with Crippen LogP contribution in [-0.2, 0) is 17.6 Å². The molecule has 25 heavy (non-hydrogen) atoms. The number of ether oxygens (including phenoxy) is 1. The summed E-state index contributed by atoms with van der Waals surface area (Å²) in [6, 6.07) is 3.66. The van der Waals surface area contributed by atoms with E-state index in [1.54, 1.807) is 17.6 Å². The number of aryl methyl sites for hydroxylation is 2. The lowest BCUT2D eigenvalue weighted by Crippen LogP contribution is -2.09. The Morgan fingerprint density at radius 3 is 2.92 bits per heavy atom. The summed E-state index contributed by atoms with van der Waals surface area (Å²) in [5.41, 5.74) is 3.08. The molecule has 1 heterocycles. The molecule has 0 fully saturated rings. The lowest BCUT2D eigenvalue weighted by atomic mass is 9.95. The van der Waals surface area contributed by atoms with Gasteiger partial charge in [0.05, 0.1) is 12.2 Å². The monoisotopic (exact) mass is 421 g/mol. The zero-order chi connectivity index (χ0) is 18.0. The first-order valence-electron chi connectivity index (χ1n) is 8.36. The molecule has 0 amide bonds. The molecule has 0 saturated heterocycles. The Hall–Kier alpha value is -1.66. The minimum atomic E-state index is -0.302. The minimum Gasteiger partial charge on any atom is -0.507 e. The number of thiophene rings is 1. The van der Waals surface area contributed by atoms with Crippen molar-refractivity contribution in [2.75, 3.05) is 6.61 Å². The molecule has 0 radical (unpaired) electrons. The van der Waals surface area contributed by atoms with Crippen LogP contribution >= 0.6 is 27.3 Å². The summed E-state index contributed by atoms with van der Waals surface area (Å²) in [5.74, 6) is -0.102. The molecule has 1 aromatic heterocycles. The molecular weight excluding hydrogens is 402 g/mol. The Kier molecular flexibility index (Phi) is 5.59. The standard InChI is InChI=1S/C19H20BrNO3S/c1-3-24-19(23)16-14-6-4-5-7-15(14)25-18(16)21-10-12-9-13(20)8-11(2)17(12)22/h8-10,22H,3-7H2,1-2H3/b21-10+. The van der Waals surface area contributed by atoms with Crippen molar-refractivity contribution in [3.8, 4) is 5.75 Å². The molecule has 6 heteroatoms. The average Bonchev–Trinajstić information content (AvgIpc) is 2.95. The van der Waals surface area contributed by atoms with Crippen LogP contribution < -0.4 is 0 Å². The van der Waals surface area contributed by atoms with Crippen molar-refractivity contribution in [3.05, 3.63) is 43.7 Å². The van der Waals surface area contributed by atoms with Gasteiger partial charge in [-0.2, -0.15) is 0 Å². The van der Waals surface area contributed by atoms with Crippen LogP contribution in [0.25, 0.3) is 0 Å². The van der Waals surface area contributed by atoms with Crippen LogP contribution in [0.15, 0.2) is 21.6 Å². The number of fused-ring (bicyclic) bond motifs is 1. The van der Waals surface area contributed by atoms with Gasteiger partial charge in [-0.05, 0) is 62.8 Å². The van der Waals surface area contributed by atoms with Crippen LogP contribution in [-0.4, -0.2) is 23.9 Å². The molecule has 2 aromatic rings. The number of carbonyl (C=O) groups excluding carboxylic acids is 1. The second kappa shape index (κ2) is 7.70. The summed E-state index contributed by atoms with van der Waals surface area (Å²) in [5, 5.41) is 10.9. The summed E-state index contributed by atoms with van der Waals surface area (Å²) >= 11 is 4.99. The van der Waals surface area contributed by atoms with E-state index in [4.69, 9.17) is 4.74 Å².